The summed E-state index contributed by atoms with van der Waals surface area (Å²) in [6.45, 7) is 1.99. The zero-order chi connectivity index (χ0) is 18.4. The standard InChI is InChI=1S/C21H17ClN2OS/c1-15-5-4-6-18(13-15)24-21(25)26-20-8-3-2-7-19(20)23-14-16-9-11-17(22)12-10-16/h2-14H,1H3,(H,24,25). The van der Waals surface area contributed by atoms with Gasteiger partial charge in [0.1, 0.15) is 0 Å². The van der Waals surface area contributed by atoms with E-state index in [2.05, 4.69) is 10.3 Å². The van der Waals surface area contributed by atoms with Gasteiger partial charge in [-0.15, -0.1) is 0 Å². The maximum atomic E-state index is 12.3. The van der Waals surface area contributed by atoms with Crippen molar-refractivity contribution in [3.63, 3.8) is 0 Å². The number of aryl methyl sites for hydroxylation is 1. The van der Waals surface area contributed by atoms with Crippen LogP contribution in [0.2, 0.25) is 5.02 Å². The summed E-state index contributed by atoms with van der Waals surface area (Å²) in [7, 11) is 0. The van der Waals surface area contributed by atoms with Crippen LogP contribution in [0.25, 0.3) is 0 Å². The number of nitrogens with zero attached hydrogens (tertiary/aromatic N) is 1. The number of benzene rings is 3. The lowest BCUT2D eigenvalue weighted by Crippen LogP contribution is -2.04. The van der Waals surface area contributed by atoms with Crippen molar-refractivity contribution >= 4 is 46.2 Å². The highest BCUT2D eigenvalue weighted by Crippen LogP contribution is 2.30. The predicted molar refractivity (Wildman–Crippen MR) is 111 cm³/mol. The third-order valence-corrected chi connectivity index (χ3v) is 4.66. The van der Waals surface area contributed by atoms with Gasteiger partial charge in [0.2, 0.25) is 0 Å². The largest absolute Gasteiger partial charge is 0.317 e. The second-order valence-corrected chi connectivity index (χ2v) is 7.11. The SMILES string of the molecule is Cc1cccc(NC(=O)Sc2ccccc2N=Cc2ccc(Cl)cc2)c1. The molecule has 130 valence electrons. The number of halogens is 1. The summed E-state index contributed by atoms with van der Waals surface area (Å²) >= 11 is 7.02. The maximum Gasteiger partial charge on any atom is 0.288 e. The third kappa shape index (κ3) is 5.22. The molecule has 3 rings (SSSR count). The molecule has 1 N–H and O–H groups in total. The molecule has 0 saturated carbocycles. The van der Waals surface area contributed by atoms with E-state index in [4.69, 9.17) is 11.6 Å². The van der Waals surface area contributed by atoms with Crippen LogP contribution in [-0.4, -0.2) is 11.5 Å². The summed E-state index contributed by atoms with van der Waals surface area (Å²) in [5.74, 6) is 0. The number of hydrogen-bond acceptors (Lipinski definition) is 3. The number of thioether (sulfide) groups is 1. The van der Waals surface area contributed by atoms with E-state index in [-0.39, 0.29) is 5.24 Å². The number of carbonyl (C=O) groups is 1. The van der Waals surface area contributed by atoms with Crippen LogP contribution < -0.4 is 5.32 Å². The van der Waals surface area contributed by atoms with E-state index in [1.807, 2.05) is 79.7 Å². The van der Waals surface area contributed by atoms with Crippen molar-refractivity contribution in [1.82, 2.24) is 0 Å². The van der Waals surface area contributed by atoms with Crippen molar-refractivity contribution < 1.29 is 4.79 Å². The molecule has 0 atom stereocenters. The Bertz CT molecular complexity index is 939. The van der Waals surface area contributed by atoms with Gasteiger partial charge in [-0.05, 0) is 66.2 Å². The summed E-state index contributed by atoms with van der Waals surface area (Å²) in [5, 5.41) is 3.43. The van der Waals surface area contributed by atoms with Crippen molar-refractivity contribution in [3.8, 4) is 0 Å². The number of para-hydroxylation sites is 1. The fraction of sp³-hybridized carbons (Fsp3) is 0.0476. The van der Waals surface area contributed by atoms with Crippen LogP contribution in [-0.2, 0) is 0 Å². The molecular weight excluding hydrogens is 364 g/mol. The number of aliphatic imine (C=N–C) groups is 1. The first-order chi connectivity index (χ1) is 12.6. The lowest BCUT2D eigenvalue weighted by molar-refractivity contribution is 0.270. The van der Waals surface area contributed by atoms with E-state index in [0.29, 0.717) is 5.02 Å². The van der Waals surface area contributed by atoms with E-state index in [9.17, 15) is 4.79 Å². The second-order valence-electron chi connectivity index (χ2n) is 5.66. The van der Waals surface area contributed by atoms with Gasteiger partial charge in [0, 0.05) is 21.8 Å². The molecule has 5 heteroatoms. The van der Waals surface area contributed by atoms with Crippen molar-refractivity contribution in [2.75, 3.05) is 5.32 Å². The molecule has 3 nitrogen and oxygen atoms in total. The van der Waals surface area contributed by atoms with Gasteiger partial charge in [0.25, 0.3) is 5.24 Å². The minimum atomic E-state index is -0.148. The summed E-state index contributed by atoms with van der Waals surface area (Å²) in [4.78, 5) is 17.6. The number of nitrogens with one attached hydrogen (secondary N) is 1. The van der Waals surface area contributed by atoms with Crippen molar-refractivity contribution in [3.05, 3.63) is 88.9 Å². The van der Waals surface area contributed by atoms with Gasteiger partial charge in [-0.25, -0.2) is 0 Å². The average Bonchev–Trinajstić information content (AvgIpc) is 2.62. The summed E-state index contributed by atoms with van der Waals surface area (Å²) < 4.78 is 0. The number of rotatable bonds is 4. The minimum Gasteiger partial charge on any atom is -0.317 e. The first kappa shape index (κ1) is 18.2. The predicted octanol–water partition coefficient (Wildman–Crippen LogP) is 6.72. The lowest BCUT2D eigenvalue weighted by atomic mass is 10.2. The van der Waals surface area contributed by atoms with Gasteiger partial charge < -0.3 is 5.32 Å². The van der Waals surface area contributed by atoms with Crippen molar-refractivity contribution in [2.24, 2.45) is 4.99 Å². The second kappa shape index (κ2) is 8.70. The smallest absolute Gasteiger partial charge is 0.288 e. The highest BCUT2D eigenvalue weighted by Gasteiger charge is 2.08. The van der Waals surface area contributed by atoms with Crippen LogP contribution >= 0.6 is 23.4 Å². The molecular formula is C21H17ClN2OS. The molecule has 3 aromatic carbocycles. The number of carbonyl (C=O) groups excluding carboxylic acids is 1. The third-order valence-electron chi connectivity index (χ3n) is 3.56. The molecule has 0 radical (unpaired) electrons. The van der Waals surface area contributed by atoms with Gasteiger partial charge in [-0.3, -0.25) is 9.79 Å². The number of hydrogen-bond donors (Lipinski definition) is 1. The highest BCUT2D eigenvalue weighted by atomic mass is 35.5. The lowest BCUT2D eigenvalue weighted by Gasteiger charge is -2.07. The van der Waals surface area contributed by atoms with Crippen LogP contribution in [0.3, 0.4) is 0 Å². The molecule has 0 saturated heterocycles. The summed E-state index contributed by atoms with van der Waals surface area (Å²) in [6.07, 6.45) is 1.76. The van der Waals surface area contributed by atoms with Gasteiger partial charge in [0.15, 0.2) is 0 Å². The topological polar surface area (TPSA) is 41.5 Å². The van der Waals surface area contributed by atoms with Crippen LogP contribution in [0.15, 0.2) is 82.7 Å². The quantitative estimate of drug-likeness (QED) is 0.403. The van der Waals surface area contributed by atoms with Crippen molar-refractivity contribution in [2.45, 2.75) is 11.8 Å². The van der Waals surface area contributed by atoms with Crippen LogP contribution in [0.5, 0.6) is 0 Å². The Kier molecular flexibility index (Phi) is 6.10. The van der Waals surface area contributed by atoms with Crippen LogP contribution in [0.1, 0.15) is 11.1 Å². The van der Waals surface area contributed by atoms with Gasteiger partial charge >= 0.3 is 0 Å². The number of anilines is 1. The molecule has 0 bridgehead atoms. The molecule has 0 fully saturated rings. The Labute approximate surface area is 162 Å². The molecule has 0 aliphatic carbocycles. The maximum absolute atomic E-state index is 12.3. The fourth-order valence-corrected chi connectivity index (χ4v) is 3.18. The molecule has 0 aliphatic heterocycles. The van der Waals surface area contributed by atoms with E-state index in [1.165, 1.54) is 0 Å². The molecule has 0 spiro atoms. The Morgan fingerprint density at radius 2 is 1.81 bits per heavy atom. The molecule has 26 heavy (non-hydrogen) atoms. The summed E-state index contributed by atoms with van der Waals surface area (Å²) in [5.41, 5.74) is 3.57. The Hall–Kier alpha value is -2.56. The van der Waals surface area contributed by atoms with Crippen molar-refractivity contribution in [1.29, 1.82) is 0 Å². The zero-order valence-electron chi connectivity index (χ0n) is 14.1. The molecule has 1 amide bonds. The zero-order valence-corrected chi connectivity index (χ0v) is 15.7. The molecule has 0 aromatic heterocycles. The molecule has 0 unspecified atom stereocenters. The van der Waals surface area contributed by atoms with Gasteiger partial charge in [0.05, 0.1) is 5.69 Å². The average molecular weight is 381 g/mol. The van der Waals surface area contributed by atoms with Crippen LogP contribution in [0.4, 0.5) is 16.2 Å². The molecule has 0 heterocycles. The van der Waals surface area contributed by atoms with Crippen LogP contribution in [0, 0.1) is 6.92 Å². The van der Waals surface area contributed by atoms with E-state index >= 15 is 0 Å². The van der Waals surface area contributed by atoms with Gasteiger partial charge in [-0.2, -0.15) is 0 Å². The van der Waals surface area contributed by atoms with E-state index in [0.717, 1.165) is 39.2 Å². The molecule has 0 aliphatic rings. The Balaban J connectivity index is 1.72. The monoisotopic (exact) mass is 380 g/mol. The normalized spacial score (nSPS) is 10.8. The first-order valence-corrected chi connectivity index (χ1v) is 9.24. The Morgan fingerprint density at radius 3 is 2.58 bits per heavy atom. The number of amides is 1. The highest BCUT2D eigenvalue weighted by molar-refractivity contribution is 8.14. The summed E-state index contributed by atoms with van der Waals surface area (Å²) in [6, 6.07) is 22.7. The minimum absolute atomic E-state index is 0.148. The fourth-order valence-electron chi connectivity index (χ4n) is 2.31. The first-order valence-electron chi connectivity index (χ1n) is 8.04. The van der Waals surface area contributed by atoms with Gasteiger partial charge in [-0.1, -0.05) is 48.0 Å². The van der Waals surface area contributed by atoms with E-state index in [1.54, 1.807) is 6.21 Å². The van der Waals surface area contributed by atoms with E-state index < -0.39 is 0 Å². The Morgan fingerprint density at radius 1 is 1.04 bits per heavy atom. The molecule has 3 aromatic rings.